The lowest BCUT2D eigenvalue weighted by Gasteiger charge is -2.31. The summed E-state index contributed by atoms with van der Waals surface area (Å²) in [5.41, 5.74) is 12.4. The highest BCUT2D eigenvalue weighted by molar-refractivity contribution is 7.18. The van der Waals surface area contributed by atoms with Crippen LogP contribution in [0.15, 0.2) is 0 Å². The third-order valence-electron chi connectivity index (χ3n) is 3.33. The second kappa shape index (κ2) is 6.11. The van der Waals surface area contributed by atoms with Gasteiger partial charge in [-0.1, -0.05) is 0 Å². The summed E-state index contributed by atoms with van der Waals surface area (Å²) in [5.74, 6) is -0.466. The molecule has 108 valence electrons. The Morgan fingerprint density at radius 3 is 2.75 bits per heavy atom. The molecule has 1 aromatic heterocycles. The molecule has 0 spiro atoms. The van der Waals surface area contributed by atoms with E-state index in [1.165, 1.54) is 11.3 Å². The molecule has 7 heteroatoms. The van der Waals surface area contributed by atoms with Crippen LogP contribution in [0.25, 0.3) is 0 Å². The Kier molecular flexibility index (Phi) is 4.47. The number of nitriles is 1. The number of hydrogen-bond donors (Lipinski definition) is 2. The highest BCUT2D eigenvalue weighted by Gasteiger charge is 2.27. The van der Waals surface area contributed by atoms with Gasteiger partial charge in [0.15, 0.2) is 0 Å². The predicted molar refractivity (Wildman–Crippen MR) is 78.8 cm³/mol. The Bertz CT molecular complexity index is 541. The molecule has 20 heavy (non-hydrogen) atoms. The van der Waals surface area contributed by atoms with E-state index in [0.717, 1.165) is 30.9 Å². The van der Waals surface area contributed by atoms with Crippen molar-refractivity contribution < 1.29 is 9.53 Å². The predicted octanol–water partition coefficient (Wildman–Crippen LogP) is 1.31. The summed E-state index contributed by atoms with van der Waals surface area (Å²) < 4.78 is 4.97. The van der Waals surface area contributed by atoms with Gasteiger partial charge in [-0.05, 0) is 19.8 Å². The van der Waals surface area contributed by atoms with Crippen LogP contribution in [0, 0.1) is 11.3 Å². The van der Waals surface area contributed by atoms with Gasteiger partial charge in [-0.25, -0.2) is 4.79 Å². The van der Waals surface area contributed by atoms with Crippen LogP contribution in [0.1, 0.15) is 35.0 Å². The summed E-state index contributed by atoms with van der Waals surface area (Å²) in [7, 11) is 0. The van der Waals surface area contributed by atoms with Crippen molar-refractivity contribution in [1.82, 2.24) is 0 Å². The molecule has 1 aromatic rings. The number of carbonyl (C=O) groups is 1. The Balaban J connectivity index is 2.31. The average molecular weight is 294 g/mol. The Morgan fingerprint density at radius 2 is 2.20 bits per heavy atom. The number of esters is 1. The molecule has 0 atom stereocenters. The SMILES string of the molecule is CCOC(=O)c1sc(N2CCC(N)CC2)c(C#N)c1N. The van der Waals surface area contributed by atoms with Crippen LogP contribution in [0.4, 0.5) is 10.7 Å². The number of nitrogens with zero attached hydrogens (tertiary/aromatic N) is 2. The van der Waals surface area contributed by atoms with Gasteiger partial charge in [0.05, 0.1) is 12.3 Å². The van der Waals surface area contributed by atoms with Crippen LogP contribution in [0.2, 0.25) is 0 Å². The number of anilines is 2. The molecule has 2 rings (SSSR count). The van der Waals surface area contributed by atoms with Crippen molar-refractivity contribution in [3.63, 3.8) is 0 Å². The van der Waals surface area contributed by atoms with E-state index in [0.29, 0.717) is 10.4 Å². The lowest BCUT2D eigenvalue weighted by molar-refractivity contribution is 0.0533. The molecule has 6 nitrogen and oxygen atoms in total. The van der Waals surface area contributed by atoms with Crippen LogP contribution in [-0.2, 0) is 4.74 Å². The van der Waals surface area contributed by atoms with Crippen molar-refractivity contribution in [3.8, 4) is 6.07 Å². The highest BCUT2D eigenvalue weighted by Crippen LogP contribution is 2.39. The Labute approximate surface area is 121 Å². The van der Waals surface area contributed by atoms with Gasteiger partial charge >= 0.3 is 5.97 Å². The van der Waals surface area contributed by atoms with Gasteiger partial charge in [-0.2, -0.15) is 5.26 Å². The number of nitrogen functional groups attached to an aromatic ring is 1. The van der Waals surface area contributed by atoms with E-state index >= 15 is 0 Å². The summed E-state index contributed by atoms with van der Waals surface area (Å²) in [5, 5.41) is 10.0. The summed E-state index contributed by atoms with van der Waals surface area (Å²) >= 11 is 1.23. The molecule has 1 fully saturated rings. The fourth-order valence-electron chi connectivity index (χ4n) is 2.21. The minimum atomic E-state index is -0.466. The minimum absolute atomic E-state index is 0.207. The maximum atomic E-state index is 11.8. The van der Waals surface area contributed by atoms with Crippen molar-refractivity contribution in [1.29, 1.82) is 5.26 Å². The first kappa shape index (κ1) is 14.6. The number of piperidine rings is 1. The molecule has 0 saturated carbocycles. The zero-order valence-electron chi connectivity index (χ0n) is 11.4. The second-order valence-electron chi connectivity index (χ2n) is 4.68. The topological polar surface area (TPSA) is 105 Å². The largest absolute Gasteiger partial charge is 0.462 e. The van der Waals surface area contributed by atoms with E-state index in [2.05, 4.69) is 11.0 Å². The Hall–Kier alpha value is -1.78. The van der Waals surface area contributed by atoms with Gasteiger partial charge in [0.25, 0.3) is 0 Å². The molecular formula is C13H18N4O2S. The Morgan fingerprint density at radius 1 is 1.55 bits per heavy atom. The van der Waals surface area contributed by atoms with Gasteiger partial charge in [-0.15, -0.1) is 11.3 Å². The second-order valence-corrected chi connectivity index (χ2v) is 5.68. The monoisotopic (exact) mass is 294 g/mol. The number of rotatable bonds is 3. The van der Waals surface area contributed by atoms with E-state index in [1.807, 2.05) is 0 Å². The first-order valence-electron chi connectivity index (χ1n) is 6.58. The molecule has 1 saturated heterocycles. The van der Waals surface area contributed by atoms with E-state index in [4.69, 9.17) is 16.2 Å². The van der Waals surface area contributed by atoms with E-state index in [-0.39, 0.29) is 18.3 Å². The van der Waals surface area contributed by atoms with Gasteiger partial charge in [0, 0.05) is 19.1 Å². The molecule has 2 heterocycles. The average Bonchev–Trinajstić information content (AvgIpc) is 2.77. The molecule has 4 N–H and O–H groups in total. The summed E-state index contributed by atoms with van der Waals surface area (Å²) in [6, 6.07) is 2.30. The molecule has 0 amide bonds. The lowest BCUT2D eigenvalue weighted by atomic mass is 10.1. The van der Waals surface area contributed by atoms with Crippen LogP contribution in [0.5, 0.6) is 0 Å². The highest BCUT2D eigenvalue weighted by atomic mass is 32.1. The molecule has 1 aliphatic rings. The molecule has 0 aromatic carbocycles. The zero-order valence-corrected chi connectivity index (χ0v) is 12.2. The smallest absolute Gasteiger partial charge is 0.350 e. The number of carbonyl (C=O) groups excluding carboxylic acids is 1. The molecule has 0 unspecified atom stereocenters. The lowest BCUT2D eigenvalue weighted by Crippen LogP contribution is -2.39. The molecular weight excluding hydrogens is 276 g/mol. The van der Waals surface area contributed by atoms with E-state index in [1.54, 1.807) is 6.92 Å². The quantitative estimate of drug-likeness (QED) is 0.814. The van der Waals surface area contributed by atoms with Gasteiger partial charge in [0.1, 0.15) is 21.5 Å². The maximum Gasteiger partial charge on any atom is 0.350 e. The molecule has 1 aliphatic heterocycles. The van der Waals surface area contributed by atoms with Crippen LogP contribution in [-0.4, -0.2) is 31.7 Å². The minimum Gasteiger partial charge on any atom is -0.462 e. The van der Waals surface area contributed by atoms with Crippen molar-refractivity contribution in [2.75, 3.05) is 30.3 Å². The maximum absolute atomic E-state index is 11.8. The first-order valence-corrected chi connectivity index (χ1v) is 7.40. The van der Waals surface area contributed by atoms with Crippen LogP contribution >= 0.6 is 11.3 Å². The van der Waals surface area contributed by atoms with Crippen molar-refractivity contribution >= 4 is 28.0 Å². The van der Waals surface area contributed by atoms with Gasteiger partial charge in [-0.3, -0.25) is 0 Å². The summed E-state index contributed by atoms with van der Waals surface area (Å²) in [6.45, 7) is 3.57. The number of thiophene rings is 1. The third kappa shape index (κ3) is 2.71. The summed E-state index contributed by atoms with van der Waals surface area (Å²) in [6.07, 6.45) is 1.74. The first-order chi connectivity index (χ1) is 9.58. The van der Waals surface area contributed by atoms with Gasteiger partial charge < -0.3 is 21.1 Å². The fourth-order valence-corrected chi connectivity index (χ4v) is 3.33. The molecule has 0 aliphatic carbocycles. The molecule has 0 bridgehead atoms. The number of hydrogen-bond acceptors (Lipinski definition) is 7. The van der Waals surface area contributed by atoms with E-state index in [9.17, 15) is 10.1 Å². The zero-order chi connectivity index (χ0) is 14.7. The van der Waals surface area contributed by atoms with Crippen molar-refractivity contribution in [3.05, 3.63) is 10.4 Å². The molecule has 0 radical (unpaired) electrons. The standard InChI is InChI=1S/C13H18N4O2S/c1-2-19-13(18)11-10(16)9(7-14)12(20-11)17-5-3-8(15)4-6-17/h8H,2-6,15-16H2,1H3. The normalized spacial score (nSPS) is 15.9. The van der Waals surface area contributed by atoms with Crippen molar-refractivity contribution in [2.24, 2.45) is 5.73 Å². The van der Waals surface area contributed by atoms with E-state index < -0.39 is 5.97 Å². The number of nitrogens with two attached hydrogens (primary N) is 2. The number of ether oxygens (including phenoxy) is 1. The van der Waals surface area contributed by atoms with Crippen LogP contribution in [0.3, 0.4) is 0 Å². The van der Waals surface area contributed by atoms with Crippen LogP contribution < -0.4 is 16.4 Å². The third-order valence-corrected chi connectivity index (χ3v) is 4.57. The fraction of sp³-hybridized carbons (Fsp3) is 0.538. The summed E-state index contributed by atoms with van der Waals surface area (Å²) in [4.78, 5) is 14.2. The van der Waals surface area contributed by atoms with Crippen molar-refractivity contribution in [2.45, 2.75) is 25.8 Å². The van der Waals surface area contributed by atoms with Gasteiger partial charge in [0.2, 0.25) is 0 Å².